The van der Waals surface area contributed by atoms with Gasteiger partial charge in [0, 0.05) is 5.56 Å². The number of hydrogen-bond acceptors (Lipinski definition) is 6. The molecule has 1 N–H and O–H groups in total. The van der Waals surface area contributed by atoms with Gasteiger partial charge in [-0.25, -0.2) is 17.5 Å². The Balaban J connectivity index is 1.69. The highest BCUT2D eigenvalue weighted by atomic mass is 32.2. The number of halogens is 1. The maximum atomic E-state index is 12.9. The number of ether oxygens (including phenoxy) is 1. The minimum Gasteiger partial charge on any atom is -0.497 e. The number of hydrogen-bond donors (Lipinski definition) is 1. The van der Waals surface area contributed by atoms with Crippen LogP contribution in [0.2, 0.25) is 0 Å². The van der Waals surface area contributed by atoms with Crippen LogP contribution >= 0.6 is 0 Å². The van der Waals surface area contributed by atoms with Crippen LogP contribution in [0.3, 0.4) is 0 Å². The van der Waals surface area contributed by atoms with E-state index in [0.29, 0.717) is 11.3 Å². The normalized spacial score (nSPS) is 11.4. The van der Waals surface area contributed by atoms with Gasteiger partial charge >= 0.3 is 0 Å². The van der Waals surface area contributed by atoms with Crippen LogP contribution in [-0.4, -0.2) is 25.7 Å². The maximum absolute atomic E-state index is 12.9. The molecule has 0 aliphatic rings. The van der Waals surface area contributed by atoms with Crippen molar-refractivity contribution < 1.29 is 22.0 Å². The summed E-state index contributed by atoms with van der Waals surface area (Å²) in [5.74, 6) is 0.547. The van der Waals surface area contributed by atoms with Gasteiger partial charge in [-0.15, -0.1) is 10.2 Å². The summed E-state index contributed by atoms with van der Waals surface area (Å²) in [7, 11) is -2.24. The molecule has 0 spiro atoms. The van der Waals surface area contributed by atoms with E-state index in [9.17, 15) is 12.8 Å². The van der Waals surface area contributed by atoms with E-state index < -0.39 is 15.8 Å². The zero-order valence-electron chi connectivity index (χ0n) is 13.1. The molecule has 1 aromatic heterocycles. The summed E-state index contributed by atoms with van der Waals surface area (Å²) in [6.07, 6.45) is 0. The molecule has 9 heteroatoms. The lowest BCUT2D eigenvalue weighted by atomic mass is 10.2. The van der Waals surface area contributed by atoms with Crippen LogP contribution < -0.4 is 9.46 Å². The highest BCUT2D eigenvalue weighted by molar-refractivity contribution is 7.89. The van der Waals surface area contributed by atoms with Gasteiger partial charge in [-0.3, -0.25) is 0 Å². The number of sulfonamides is 1. The highest BCUT2D eigenvalue weighted by Crippen LogP contribution is 2.21. The molecule has 0 aliphatic carbocycles. The van der Waals surface area contributed by atoms with Gasteiger partial charge in [0.05, 0.1) is 18.6 Å². The Hall–Kier alpha value is -2.78. The molecule has 0 saturated heterocycles. The largest absolute Gasteiger partial charge is 0.497 e. The fraction of sp³-hybridized carbons (Fsp3) is 0.125. The smallest absolute Gasteiger partial charge is 0.247 e. The maximum Gasteiger partial charge on any atom is 0.247 e. The van der Waals surface area contributed by atoms with E-state index in [2.05, 4.69) is 14.9 Å². The molecule has 0 fully saturated rings. The number of benzene rings is 2. The molecule has 0 saturated carbocycles. The van der Waals surface area contributed by atoms with Crippen molar-refractivity contribution in [2.75, 3.05) is 7.11 Å². The molecule has 0 amide bonds. The zero-order chi connectivity index (χ0) is 17.9. The lowest BCUT2D eigenvalue weighted by Gasteiger charge is -2.04. The molecule has 0 bridgehead atoms. The van der Waals surface area contributed by atoms with Crippen LogP contribution in [0.4, 0.5) is 4.39 Å². The van der Waals surface area contributed by atoms with Gasteiger partial charge in [0.15, 0.2) is 0 Å². The average molecular weight is 363 g/mol. The van der Waals surface area contributed by atoms with E-state index in [1.54, 1.807) is 31.4 Å². The molecular weight excluding hydrogens is 349 g/mol. The Bertz CT molecular complexity index is 954. The predicted molar refractivity (Wildman–Crippen MR) is 86.7 cm³/mol. The molecule has 0 unspecified atom stereocenters. The zero-order valence-corrected chi connectivity index (χ0v) is 14.0. The summed E-state index contributed by atoms with van der Waals surface area (Å²) < 4.78 is 50.0. The molecular formula is C16H14FN3O4S. The van der Waals surface area contributed by atoms with Crippen molar-refractivity contribution in [1.82, 2.24) is 14.9 Å². The van der Waals surface area contributed by atoms with Gasteiger partial charge in [0.1, 0.15) is 11.6 Å². The van der Waals surface area contributed by atoms with E-state index in [1.165, 1.54) is 12.1 Å². The lowest BCUT2D eigenvalue weighted by molar-refractivity contribution is 0.415. The number of rotatable bonds is 6. The Kier molecular flexibility index (Phi) is 4.77. The predicted octanol–water partition coefficient (Wildman–Crippen LogP) is 2.36. The minimum absolute atomic E-state index is 0.0520. The number of methoxy groups -OCH3 is 1. The summed E-state index contributed by atoms with van der Waals surface area (Å²) in [6.45, 7) is -0.178. The van der Waals surface area contributed by atoms with Crippen molar-refractivity contribution in [3.05, 3.63) is 60.2 Å². The van der Waals surface area contributed by atoms with E-state index in [1.807, 2.05) is 0 Å². The summed E-state index contributed by atoms with van der Waals surface area (Å²) in [5, 5.41) is 7.70. The van der Waals surface area contributed by atoms with Crippen LogP contribution in [0, 0.1) is 5.82 Å². The first-order valence-corrected chi connectivity index (χ1v) is 8.68. The molecule has 2 aromatic carbocycles. The second kappa shape index (κ2) is 6.99. The van der Waals surface area contributed by atoms with Crippen molar-refractivity contribution in [3.63, 3.8) is 0 Å². The van der Waals surface area contributed by atoms with Gasteiger partial charge < -0.3 is 9.15 Å². The van der Waals surface area contributed by atoms with E-state index in [-0.39, 0.29) is 23.2 Å². The van der Waals surface area contributed by atoms with E-state index >= 15 is 0 Å². The van der Waals surface area contributed by atoms with Gasteiger partial charge in [-0.05, 0) is 48.5 Å². The number of nitrogens with one attached hydrogen (secondary N) is 1. The molecule has 25 heavy (non-hydrogen) atoms. The van der Waals surface area contributed by atoms with Gasteiger partial charge in [0.25, 0.3) is 0 Å². The number of nitrogens with zero attached hydrogens (tertiary/aromatic N) is 2. The van der Waals surface area contributed by atoms with Crippen LogP contribution in [0.1, 0.15) is 5.89 Å². The summed E-state index contributed by atoms with van der Waals surface area (Å²) >= 11 is 0. The summed E-state index contributed by atoms with van der Waals surface area (Å²) in [5.41, 5.74) is 0.681. The van der Waals surface area contributed by atoms with Crippen molar-refractivity contribution in [3.8, 4) is 17.2 Å². The summed E-state index contributed by atoms with van der Waals surface area (Å²) in [4.78, 5) is -0.0520. The first-order valence-electron chi connectivity index (χ1n) is 7.20. The van der Waals surface area contributed by atoms with Crippen molar-refractivity contribution in [2.45, 2.75) is 11.4 Å². The van der Waals surface area contributed by atoms with Crippen LogP contribution in [0.25, 0.3) is 11.5 Å². The topological polar surface area (TPSA) is 94.3 Å². The molecule has 0 atom stereocenters. The highest BCUT2D eigenvalue weighted by Gasteiger charge is 2.16. The first kappa shape index (κ1) is 17.1. The third-order valence-corrected chi connectivity index (χ3v) is 4.76. The molecule has 7 nitrogen and oxygen atoms in total. The lowest BCUT2D eigenvalue weighted by Crippen LogP contribution is -2.23. The second-order valence-electron chi connectivity index (χ2n) is 5.01. The SMILES string of the molecule is COc1ccc(-c2nnc(CNS(=O)(=O)c3ccc(F)cc3)o2)cc1. The third-order valence-electron chi connectivity index (χ3n) is 3.34. The quantitative estimate of drug-likeness (QED) is 0.722. The standard InChI is InChI=1S/C16H14FN3O4S/c1-23-13-6-2-11(3-7-13)16-20-19-15(24-16)10-18-25(21,22)14-8-4-12(17)5-9-14/h2-9,18H,10H2,1H3. The van der Waals surface area contributed by atoms with E-state index in [4.69, 9.17) is 9.15 Å². The average Bonchev–Trinajstić information content (AvgIpc) is 3.10. The molecule has 3 rings (SSSR count). The van der Waals surface area contributed by atoms with Gasteiger partial charge in [-0.1, -0.05) is 0 Å². The monoisotopic (exact) mass is 363 g/mol. The molecule has 3 aromatic rings. The van der Waals surface area contributed by atoms with Gasteiger partial charge in [-0.2, -0.15) is 0 Å². The summed E-state index contributed by atoms with van der Waals surface area (Å²) in [6, 6.07) is 11.5. The molecule has 130 valence electrons. The van der Waals surface area contributed by atoms with Gasteiger partial charge in [0.2, 0.25) is 21.8 Å². The molecule has 0 radical (unpaired) electrons. The Morgan fingerprint density at radius 2 is 1.76 bits per heavy atom. The van der Waals surface area contributed by atoms with Crippen molar-refractivity contribution >= 4 is 10.0 Å². The second-order valence-corrected chi connectivity index (χ2v) is 6.77. The fourth-order valence-corrected chi connectivity index (χ4v) is 3.00. The van der Waals surface area contributed by atoms with Crippen LogP contribution in [0.15, 0.2) is 57.8 Å². The minimum atomic E-state index is -3.80. The first-order chi connectivity index (χ1) is 12.0. The van der Waals surface area contributed by atoms with E-state index in [0.717, 1.165) is 12.1 Å². The fourth-order valence-electron chi connectivity index (χ4n) is 2.03. The Labute approximate surface area is 143 Å². The molecule has 0 aliphatic heterocycles. The third kappa shape index (κ3) is 4.01. The Morgan fingerprint density at radius 1 is 1.08 bits per heavy atom. The Morgan fingerprint density at radius 3 is 2.40 bits per heavy atom. The van der Waals surface area contributed by atoms with Crippen LogP contribution in [0.5, 0.6) is 5.75 Å². The molecule has 1 heterocycles. The van der Waals surface area contributed by atoms with Crippen LogP contribution in [-0.2, 0) is 16.6 Å². The number of aromatic nitrogens is 2. The van der Waals surface area contributed by atoms with Crippen molar-refractivity contribution in [1.29, 1.82) is 0 Å². The van der Waals surface area contributed by atoms with Crippen molar-refractivity contribution in [2.24, 2.45) is 0 Å².